The van der Waals surface area contributed by atoms with E-state index < -0.39 is 5.92 Å². The van der Waals surface area contributed by atoms with Crippen molar-refractivity contribution in [1.29, 1.82) is 0 Å². The van der Waals surface area contributed by atoms with Crippen LogP contribution in [0.4, 0.5) is 8.78 Å². The normalized spacial score (nSPS) is 17.3. The zero-order valence-electron chi connectivity index (χ0n) is 13.2. The zero-order valence-corrected chi connectivity index (χ0v) is 13.2. The van der Waals surface area contributed by atoms with E-state index in [9.17, 15) is 13.6 Å². The van der Waals surface area contributed by atoms with E-state index in [0.717, 1.165) is 22.5 Å². The number of nitrogens with one attached hydrogen (secondary N) is 1. The molecule has 0 aliphatic carbocycles. The predicted octanol–water partition coefficient (Wildman–Crippen LogP) is 3.56. The summed E-state index contributed by atoms with van der Waals surface area (Å²) in [5, 5.41) is 7.10. The molecule has 1 aliphatic rings. The summed E-state index contributed by atoms with van der Waals surface area (Å²) in [4.78, 5) is 14.1. The fraction of sp³-hybridized carbons (Fsp3) is 0.412. The molecule has 1 N–H and O–H groups in total. The number of H-pyrrole nitrogens is 1. The summed E-state index contributed by atoms with van der Waals surface area (Å²) < 4.78 is 26.5. The maximum atomic E-state index is 13.2. The number of carbonyl (C=O) groups is 1. The lowest BCUT2D eigenvalue weighted by Gasteiger charge is -2.31. The Morgan fingerprint density at radius 2 is 1.96 bits per heavy atom. The van der Waals surface area contributed by atoms with Gasteiger partial charge in [-0.3, -0.25) is 9.89 Å². The van der Waals surface area contributed by atoms with Crippen molar-refractivity contribution >= 4 is 5.91 Å². The highest BCUT2D eigenvalue weighted by Gasteiger charge is 2.35. The van der Waals surface area contributed by atoms with Crippen molar-refractivity contribution in [3.63, 3.8) is 0 Å². The Balaban J connectivity index is 1.84. The summed E-state index contributed by atoms with van der Waals surface area (Å²) in [5.41, 5.74) is 4.20. The highest BCUT2D eigenvalue weighted by molar-refractivity contribution is 5.95. The smallest absolute Gasteiger partial charge is 0.253 e. The van der Waals surface area contributed by atoms with E-state index in [4.69, 9.17) is 0 Å². The number of hydrogen-bond donors (Lipinski definition) is 1. The molecule has 0 radical (unpaired) electrons. The molecule has 2 aromatic rings. The Hall–Kier alpha value is -2.24. The number of amides is 1. The van der Waals surface area contributed by atoms with Gasteiger partial charge in [0.15, 0.2) is 0 Å². The summed E-state index contributed by atoms with van der Waals surface area (Å²) >= 11 is 0. The van der Waals surface area contributed by atoms with Crippen LogP contribution in [0.5, 0.6) is 0 Å². The summed E-state index contributed by atoms with van der Waals surface area (Å²) in [6, 6.07) is 7.27. The number of alkyl halides is 2. The van der Waals surface area contributed by atoms with Crippen molar-refractivity contribution in [2.24, 2.45) is 0 Å². The fourth-order valence-corrected chi connectivity index (χ4v) is 3.00. The molecule has 0 bridgehead atoms. The van der Waals surface area contributed by atoms with Gasteiger partial charge < -0.3 is 4.90 Å². The summed E-state index contributed by atoms with van der Waals surface area (Å²) in [6.45, 7) is 4.02. The summed E-state index contributed by atoms with van der Waals surface area (Å²) in [5.74, 6) is -2.84. The van der Waals surface area contributed by atoms with Crippen molar-refractivity contribution in [2.45, 2.75) is 32.6 Å². The van der Waals surface area contributed by atoms with E-state index >= 15 is 0 Å². The van der Waals surface area contributed by atoms with Crippen LogP contribution in [0.1, 0.15) is 34.6 Å². The first kappa shape index (κ1) is 15.6. The van der Waals surface area contributed by atoms with Crippen LogP contribution in [0.2, 0.25) is 0 Å². The predicted molar refractivity (Wildman–Crippen MR) is 83.6 cm³/mol. The number of piperidine rings is 1. The zero-order chi connectivity index (χ0) is 16.6. The van der Waals surface area contributed by atoms with Crippen molar-refractivity contribution in [2.75, 3.05) is 13.1 Å². The first-order chi connectivity index (χ1) is 10.9. The molecular weight excluding hydrogens is 300 g/mol. The second kappa shape index (κ2) is 5.76. The van der Waals surface area contributed by atoms with Crippen LogP contribution < -0.4 is 0 Å². The number of carbonyl (C=O) groups excluding carboxylic acids is 1. The third-order valence-corrected chi connectivity index (χ3v) is 4.31. The first-order valence-electron chi connectivity index (χ1n) is 7.66. The Morgan fingerprint density at radius 3 is 2.57 bits per heavy atom. The number of aromatic nitrogens is 2. The van der Waals surface area contributed by atoms with Gasteiger partial charge in [-0.05, 0) is 31.5 Å². The summed E-state index contributed by atoms with van der Waals surface area (Å²) in [6.07, 6.45) is -0.531. The third kappa shape index (κ3) is 3.11. The molecule has 122 valence electrons. The lowest BCUT2D eigenvalue weighted by atomic mass is 10.00. The second-order valence-electron chi connectivity index (χ2n) is 6.04. The van der Waals surface area contributed by atoms with Gasteiger partial charge in [0.1, 0.15) is 0 Å². The Bertz CT molecular complexity index is 710. The molecule has 1 aromatic heterocycles. The van der Waals surface area contributed by atoms with Crippen LogP contribution in [0.3, 0.4) is 0 Å². The Labute approximate surface area is 133 Å². The number of likely N-dealkylation sites (tertiary alicyclic amines) is 1. The molecule has 1 aliphatic heterocycles. The molecule has 1 saturated heterocycles. The lowest BCUT2D eigenvalue weighted by molar-refractivity contribution is -0.0494. The average Bonchev–Trinajstić information content (AvgIpc) is 2.86. The van der Waals surface area contributed by atoms with Gasteiger partial charge in [-0.15, -0.1) is 0 Å². The molecule has 2 heterocycles. The highest BCUT2D eigenvalue weighted by Crippen LogP contribution is 2.30. The average molecular weight is 319 g/mol. The number of nitrogens with zero attached hydrogens (tertiary/aromatic N) is 2. The van der Waals surface area contributed by atoms with E-state index in [0.29, 0.717) is 5.56 Å². The standard InChI is InChI=1S/C17H19F2N3O/c1-11-15(12(2)21-20-11)13-4-3-5-14(10-13)16(23)22-8-6-17(18,19)7-9-22/h3-5,10H,6-9H2,1-2H3,(H,20,21). The second-order valence-corrected chi connectivity index (χ2v) is 6.04. The van der Waals surface area contributed by atoms with Crippen LogP contribution in [-0.4, -0.2) is 40.0 Å². The third-order valence-electron chi connectivity index (χ3n) is 4.31. The van der Waals surface area contributed by atoms with Crippen LogP contribution in [0, 0.1) is 13.8 Å². The molecule has 0 atom stereocenters. The van der Waals surface area contributed by atoms with E-state index in [1.165, 1.54) is 4.90 Å². The minimum Gasteiger partial charge on any atom is -0.338 e. The van der Waals surface area contributed by atoms with Crippen LogP contribution in [0.15, 0.2) is 24.3 Å². The molecule has 0 saturated carbocycles. The van der Waals surface area contributed by atoms with Crippen LogP contribution >= 0.6 is 0 Å². The minimum atomic E-state index is -2.65. The lowest BCUT2D eigenvalue weighted by Crippen LogP contribution is -2.42. The van der Waals surface area contributed by atoms with Gasteiger partial charge in [0.25, 0.3) is 11.8 Å². The molecule has 3 rings (SSSR count). The number of benzene rings is 1. The van der Waals surface area contributed by atoms with Crippen LogP contribution in [-0.2, 0) is 0 Å². The van der Waals surface area contributed by atoms with Gasteiger partial charge >= 0.3 is 0 Å². The number of aromatic amines is 1. The van der Waals surface area contributed by atoms with Crippen molar-refractivity contribution < 1.29 is 13.6 Å². The maximum Gasteiger partial charge on any atom is 0.253 e. The van der Waals surface area contributed by atoms with Gasteiger partial charge in [0.2, 0.25) is 0 Å². The van der Waals surface area contributed by atoms with E-state index in [-0.39, 0.29) is 31.8 Å². The Kier molecular flexibility index (Phi) is 3.92. The fourth-order valence-electron chi connectivity index (χ4n) is 3.00. The molecule has 6 heteroatoms. The molecule has 0 spiro atoms. The molecule has 4 nitrogen and oxygen atoms in total. The quantitative estimate of drug-likeness (QED) is 0.920. The van der Waals surface area contributed by atoms with Gasteiger partial charge in [0.05, 0.1) is 5.69 Å². The number of rotatable bonds is 2. The van der Waals surface area contributed by atoms with Crippen molar-refractivity contribution in [3.05, 3.63) is 41.2 Å². The minimum absolute atomic E-state index is 0.0971. The van der Waals surface area contributed by atoms with Crippen LogP contribution in [0.25, 0.3) is 11.1 Å². The van der Waals surface area contributed by atoms with E-state index in [1.54, 1.807) is 12.1 Å². The number of hydrogen-bond acceptors (Lipinski definition) is 2. The van der Waals surface area contributed by atoms with E-state index in [1.807, 2.05) is 26.0 Å². The molecule has 1 aromatic carbocycles. The maximum absolute atomic E-state index is 13.2. The van der Waals surface area contributed by atoms with Crippen molar-refractivity contribution in [3.8, 4) is 11.1 Å². The monoisotopic (exact) mass is 319 g/mol. The van der Waals surface area contributed by atoms with E-state index in [2.05, 4.69) is 10.2 Å². The van der Waals surface area contributed by atoms with Gasteiger partial charge in [-0.25, -0.2) is 8.78 Å². The molecular formula is C17H19F2N3O. The first-order valence-corrected chi connectivity index (χ1v) is 7.66. The molecule has 23 heavy (non-hydrogen) atoms. The van der Waals surface area contributed by atoms with Gasteiger partial charge in [-0.1, -0.05) is 12.1 Å². The molecule has 0 unspecified atom stereocenters. The number of aryl methyl sites for hydroxylation is 2. The molecule has 1 fully saturated rings. The Morgan fingerprint density at radius 1 is 1.26 bits per heavy atom. The SMILES string of the molecule is Cc1n[nH]c(C)c1-c1cccc(C(=O)N2CCC(F)(F)CC2)c1. The van der Waals surface area contributed by atoms with Gasteiger partial charge in [0, 0.05) is 42.8 Å². The van der Waals surface area contributed by atoms with Gasteiger partial charge in [-0.2, -0.15) is 5.10 Å². The molecule has 1 amide bonds. The summed E-state index contributed by atoms with van der Waals surface area (Å²) in [7, 11) is 0. The number of halogens is 2. The largest absolute Gasteiger partial charge is 0.338 e. The topological polar surface area (TPSA) is 49.0 Å². The highest BCUT2D eigenvalue weighted by atomic mass is 19.3. The van der Waals surface area contributed by atoms with Crippen molar-refractivity contribution in [1.82, 2.24) is 15.1 Å².